The maximum atomic E-state index is 12.1. The Morgan fingerprint density at radius 2 is 1.71 bits per heavy atom. The van der Waals surface area contributed by atoms with Crippen LogP contribution in [0.15, 0.2) is 0 Å². The van der Waals surface area contributed by atoms with Crippen LogP contribution in [0.1, 0.15) is 33.6 Å². The van der Waals surface area contributed by atoms with E-state index in [0.29, 0.717) is 19.0 Å². The minimum atomic E-state index is -0.144. The summed E-state index contributed by atoms with van der Waals surface area (Å²) in [7, 11) is 1.42. The molecule has 1 saturated heterocycles. The van der Waals surface area contributed by atoms with Crippen LogP contribution in [0.5, 0.6) is 0 Å². The lowest BCUT2D eigenvalue weighted by Crippen LogP contribution is -2.43. The maximum absolute atomic E-state index is 12.1. The smallest absolute Gasteiger partial charge is 0.308 e. The summed E-state index contributed by atoms with van der Waals surface area (Å²) in [6.45, 7) is 7.44. The van der Waals surface area contributed by atoms with Crippen LogP contribution in [0.25, 0.3) is 0 Å². The van der Waals surface area contributed by atoms with Crippen molar-refractivity contribution in [2.24, 2.45) is 17.8 Å². The van der Waals surface area contributed by atoms with Crippen molar-refractivity contribution in [3.8, 4) is 0 Å². The summed E-state index contributed by atoms with van der Waals surface area (Å²) in [5.74, 6) is 0.459. The first-order valence-electron chi connectivity index (χ1n) is 6.34. The number of nitrogens with zero attached hydrogens (tertiary/aromatic N) is 1. The van der Waals surface area contributed by atoms with E-state index in [0.717, 1.165) is 12.8 Å². The number of methoxy groups -OCH3 is 1. The molecule has 4 heteroatoms. The molecular weight excluding hydrogens is 218 g/mol. The van der Waals surface area contributed by atoms with Gasteiger partial charge in [-0.25, -0.2) is 0 Å². The molecular formula is C13H23NO3. The summed E-state index contributed by atoms with van der Waals surface area (Å²) < 4.78 is 4.73. The number of hydrogen-bond donors (Lipinski definition) is 0. The molecule has 0 spiro atoms. The average molecular weight is 241 g/mol. The van der Waals surface area contributed by atoms with Gasteiger partial charge in [0.25, 0.3) is 0 Å². The van der Waals surface area contributed by atoms with E-state index in [1.165, 1.54) is 7.11 Å². The van der Waals surface area contributed by atoms with E-state index >= 15 is 0 Å². The first-order valence-corrected chi connectivity index (χ1v) is 6.34. The lowest BCUT2D eigenvalue weighted by atomic mass is 9.93. The molecule has 1 fully saturated rings. The molecule has 1 aliphatic rings. The van der Waals surface area contributed by atoms with E-state index < -0.39 is 0 Å². The fourth-order valence-corrected chi connectivity index (χ4v) is 2.08. The normalized spacial score (nSPS) is 19.2. The molecule has 1 unspecified atom stereocenters. The monoisotopic (exact) mass is 241 g/mol. The number of amides is 1. The fourth-order valence-electron chi connectivity index (χ4n) is 2.08. The topological polar surface area (TPSA) is 46.6 Å². The van der Waals surface area contributed by atoms with Crippen molar-refractivity contribution in [1.82, 2.24) is 4.90 Å². The van der Waals surface area contributed by atoms with Crippen molar-refractivity contribution in [3.63, 3.8) is 0 Å². The SMILES string of the molecule is COC(=O)C1CCN(C(=O)C(C)C(C)C)CC1. The molecule has 0 aromatic rings. The molecule has 0 aliphatic carbocycles. The number of carbonyl (C=O) groups is 2. The minimum Gasteiger partial charge on any atom is -0.469 e. The van der Waals surface area contributed by atoms with Gasteiger partial charge in [-0.05, 0) is 18.8 Å². The van der Waals surface area contributed by atoms with E-state index in [1.54, 1.807) is 0 Å². The molecule has 0 radical (unpaired) electrons. The lowest BCUT2D eigenvalue weighted by molar-refractivity contribution is -0.149. The molecule has 98 valence electrons. The number of hydrogen-bond acceptors (Lipinski definition) is 3. The van der Waals surface area contributed by atoms with Gasteiger partial charge in [0.15, 0.2) is 0 Å². The Hall–Kier alpha value is -1.06. The van der Waals surface area contributed by atoms with Gasteiger partial charge in [-0.2, -0.15) is 0 Å². The quantitative estimate of drug-likeness (QED) is 0.706. The van der Waals surface area contributed by atoms with Crippen LogP contribution in [0.2, 0.25) is 0 Å². The molecule has 0 aromatic carbocycles. The summed E-state index contributed by atoms with van der Waals surface area (Å²) in [5.41, 5.74) is 0. The van der Waals surface area contributed by atoms with Crippen LogP contribution < -0.4 is 0 Å². The highest BCUT2D eigenvalue weighted by Gasteiger charge is 2.30. The van der Waals surface area contributed by atoms with Gasteiger partial charge in [0.1, 0.15) is 0 Å². The molecule has 1 rings (SSSR count). The molecule has 1 amide bonds. The number of likely N-dealkylation sites (tertiary alicyclic amines) is 1. The standard InChI is InChI=1S/C13H23NO3/c1-9(2)10(3)12(15)14-7-5-11(6-8-14)13(16)17-4/h9-11H,5-8H2,1-4H3. The summed E-state index contributed by atoms with van der Waals surface area (Å²) in [6, 6.07) is 0. The summed E-state index contributed by atoms with van der Waals surface area (Å²) in [6.07, 6.45) is 1.45. The van der Waals surface area contributed by atoms with E-state index in [1.807, 2.05) is 11.8 Å². The van der Waals surface area contributed by atoms with E-state index in [4.69, 9.17) is 4.74 Å². The molecule has 1 atom stereocenters. The van der Waals surface area contributed by atoms with Crippen molar-refractivity contribution in [2.75, 3.05) is 20.2 Å². The highest BCUT2D eigenvalue weighted by molar-refractivity contribution is 5.79. The maximum Gasteiger partial charge on any atom is 0.308 e. The van der Waals surface area contributed by atoms with Crippen molar-refractivity contribution < 1.29 is 14.3 Å². The zero-order valence-electron chi connectivity index (χ0n) is 11.2. The Morgan fingerprint density at radius 3 is 2.12 bits per heavy atom. The molecule has 4 nitrogen and oxygen atoms in total. The number of ether oxygens (including phenoxy) is 1. The predicted octanol–water partition coefficient (Wildman–Crippen LogP) is 1.69. The highest BCUT2D eigenvalue weighted by atomic mass is 16.5. The Kier molecular flexibility index (Phi) is 4.97. The first-order chi connectivity index (χ1) is 7.97. The van der Waals surface area contributed by atoms with Crippen LogP contribution in [0.3, 0.4) is 0 Å². The van der Waals surface area contributed by atoms with Gasteiger partial charge in [0.05, 0.1) is 13.0 Å². The largest absolute Gasteiger partial charge is 0.469 e. The van der Waals surface area contributed by atoms with Gasteiger partial charge in [-0.1, -0.05) is 20.8 Å². The number of esters is 1. The molecule has 1 heterocycles. The third-order valence-corrected chi connectivity index (χ3v) is 3.73. The Labute approximate surface area is 103 Å². The van der Waals surface area contributed by atoms with Gasteiger partial charge in [0, 0.05) is 19.0 Å². The molecule has 0 saturated carbocycles. The van der Waals surface area contributed by atoms with Crippen LogP contribution in [0.4, 0.5) is 0 Å². The van der Waals surface area contributed by atoms with Gasteiger partial charge in [-0.15, -0.1) is 0 Å². The Balaban J connectivity index is 2.47. The number of piperidine rings is 1. The molecule has 0 bridgehead atoms. The van der Waals surface area contributed by atoms with E-state index in [2.05, 4.69) is 13.8 Å². The lowest BCUT2D eigenvalue weighted by Gasteiger charge is -2.33. The van der Waals surface area contributed by atoms with Crippen LogP contribution in [0, 0.1) is 17.8 Å². The van der Waals surface area contributed by atoms with E-state index in [-0.39, 0.29) is 23.7 Å². The Morgan fingerprint density at radius 1 is 1.18 bits per heavy atom. The zero-order valence-corrected chi connectivity index (χ0v) is 11.2. The van der Waals surface area contributed by atoms with Gasteiger partial charge in [-0.3, -0.25) is 9.59 Å². The second kappa shape index (κ2) is 6.03. The van der Waals surface area contributed by atoms with Gasteiger partial charge < -0.3 is 9.64 Å². The highest BCUT2D eigenvalue weighted by Crippen LogP contribution is 2.21. The second-order valence-corrected chi connectivity index (χ2v) is 5.16. The summed E-state index contributed by atoms with van der Waals surface area (Å²) in [4.78, 5) is 25.3. The number of rotatable bonds is 3. The predicted molar refractivity (Wildman–Crippen MR) is 65.3 cm³/mol. The second-order valence-electron chi connectivity index (χ2n) is 5.16. The molecule has 1 aliphatic heterocycles. The van der Waals surface area contributed by atoms with Gasteiger partial charge >= 0.3 is 5.97 Å². The van der Waals surface area contributed by atoms with Crippen molar-refractivity contribution in [2.45, 2.75) is 33.6 Å². The van der Waals surface area contributed by atoms with Crippen molar-refractivity contribution >= 4 is 11.9 Å². The van der Waals surface area contributed by atoms with Crippen molar-refractivity contribution in [3.05, 3.63) is 0 Å². The average Bonchev–Trinajstić information content (AvgIpc) is 2.36. The first kappa shape index (κ1) is 14.0. The minimum absolute atomic E-state index is 0.0293. The third-order valence-electron chi connectivity index (χ3n) is 3.73. The van der Waals surface area contributed by atoms with Crippen LogP contribution in [-0.2, 0) is 14.3 Å². The summed E-state index contributed by atoms with van der Waals surface area (Å²) >= 11 is 0. The Bertz CT molecular complexity index is 280. The van der Waals surface area contributed by atoms with Crippen LogP contribution in [-0.4, -0.2) is 37.0 Å². The van der Waals surface area contributed by atoms with Gasteiger partial charge in [0.2, 0.25) is 5.91 Å². The van der Waals surface area contributed by atoms with Crippen LogP contribution >= 0.6 is 0 Å². The summed E-state index contributed by atoms with van der Waals surface area (Å²) in [5, 5.41) is 0. The molecule has 0 aromatic heterocycles. The number of carbonyl (C=O) groups excluding carboxylic acids is 2. The van der Waals surface area contributed by atoms with Crippen molar-refractivity contribution in [1.29, 1.82) is 0 Å². The molecule has 0 N–H and O–H groups in total. The fraction of sp³-hybridized carbons (Fsp3) is 0.846. The molecule has 17 heavy (non-hydrogen) atoms. The third kappa shape index (κ3) is 3.45. The van der Waals surface area contributed by atoms with E-state index in [9.17, 15) is 9.59 Å². The zero-order chi connectivity index (χ0) is 13.0.